The molecule has 0 saturated heterocycles. The van der Waals surface area contributed by atoms with Crippen LogP contribution in [0, 0.1) is 0 Å². The highest BCUT2D eigenvalue weighted by molar-refractivity contribution is 6.03. The number of rotatable bonds is 4. The molecule has 0 spiro atoms. The molecule has 0 fully saturated rings. The summed E-state index contributed by atoms with van der Waals surface area (Å²) in [4.78, 5) is 17.1. The van der Waals surface area contributed by atoms with Crippen molar-refractivity contribution in [2.45, 2.75) is 26.2 Å². The van der Waals surface area contributed by atoms with E-state index in [4.69, 9.17) is 4.74 Å². The van der Waals surface area contributed by atoms with Gasteiger partial charge in [-0.1, -0.05) is 32.9 Å². The van der Waals surface area contributed by atoms with Gasteiger partial charge in [-0.15, -0.1) is 0 Å². The van der Waals surface area contributed by atoms with Crippen molar-refractivity contribution < 1.29 is 9.53 Å². The number of fused-ring (bicyclic) bond motifs is 1. The number of carbonyl (C=O) groups is 1. The molecule has 0 aliphatic rings. The number of ether oxygens (including phenoxy) is 1. The Balaban J connectivity index is 1.54. The van der Waals surface area contributed by atoms with Crippen molar-refractivity contribution >= 4 is 17.4 Å². The van der Waals surface area contributed by atoms with Crippen molar-refractivity contribution in [1.29, 1.82) is 0 Å². The molecule has 2 aromatic carbocycles. The average Bonchev–Trinajstić information content (AvgIpc) is 3.14. The zero-order valence-electron chi connectivity index (χ0n) is 17.5. The Kier molecular flexibility index (Phi) is 4.99. The minimum absolute atomic E-state index is 0.0455. The van der Waals surface area contributed by atoms with Gasteiger partial charge in [-0.3, -0.25) is 4.79 Å². The van der Waals surface area contributed by atoms with Gasteiger partial charge in [-0.2, -0.15) is 5.10 Å². The molecular formula is C24H24N4O2. The lowest BCUT2D eigenvalue weighted by atomic mass is 9.87. The van der Waals surface area contributed by atoms with Crippen LogP contribution in [-0.2, 0) is 5.41 Å². The van der Waals surface area contributed by atoms with Crippen LogP contribution in [-0.4, -0.2) is 27.6 Å². The van der Waals surface area contributed by atoms with Crippen LogP contribution in [0.3, 0.4) is 0 Å². The highest BCUT2D eigenvalue weighted by atomic mass is 16.5. The molecule has 0 aliphatic carbocycles. The second-order valence-corrected chi connectivity index (χ2v) is 8.16. The summed E-state index contributed by atoms with van der Waals surface area (Å²) in [6, 6.07) is 19.1. The second-order valence-electron chi connectivity index (χ2n) is 8.16. The number of nitrogens with zero attached hydrogens (tertiary/aromatic N) is 3. The molecule has 4 aromatic rings. The molecule has 0 bridgehead atoms. The van der Waals surface area contributed by atoms with Gasteiger partial charge in [-0.05, 0) is 59.5 Å². The van der Waals surface area contributed by atoms with Gasteiger partial charge >= 0.3 is 0 Å². The summed E-state index contributed by atoms with van der Waals surface area (Å²) in [6.45, 7) is 6.43. The van der Waals surface area contributed by atoms with E-state index in [9.17, 15) is 4.79 Å². The van der Waals surface area contributed by atoms with Crippen LogP contribution in [0.2, 0.25) is 0 Å². The third-order valence-electron chi connectivity index (χ3n) is 4.96. The Morgan fingerprint density at radius 3 is 2.30 bits per heavy atom. The van der Waals surface area contributed by atoms with Crippen LogP contribution in [0.25, 0.3) is 16.9 Å². The fourth-order valence-electron chi connectivity index (χ4n) is 3.17. The van der Waals surface area contributed by atoms with Crippen LogP contribution in [0.4, 0.5) is 5.82 Å². The predicted molar refractivity (Wildman–Crippen MR) is 118 cm³/mol. The van der Waals surface area contributed by atoms with E-state index < -0.39 is 0 Å². The highest BCUT2D eigenvalue weighted by Crippen LogP contribution is 2.23. The molecule has 0 unspecified atom stereocenters. The maximum absolute atomic E-state index is 12.6. The Hall–Kier alpha value is -3.67. The van der Waals surface area contributed by atoms with E-state index in [0.717, 1.165) is 17.0 Å². The predicted octanol–water partition coefficient (Wildman–Crippen LogP) is 4.95. The van der Waals surface area contributed by atoms with Gasteiger partial charge in [0.1, 0.15) is 5.75 Å². The molecule has 0 atom stereocenters. The van der Waals surface area contributed by atoms with E-state index in [1.54, 1.807) is 17.8 Å². The Bertz CT molecular complexity index is 1190. The number of hydrogen-bond acceptors (Lipinski definition) is 4. The topological polar surface area (TPSA) is 68.5 Å². The van der Waals surface area contributed by atoms with Gasteiger partial charge in [0.05, 0.1) is 19.0 Å². The van der Waals surface area contributed by atoms with E-state index in [1.165, 1.54) is 5.56 Å². The number of benzene rings is 2. The zero-order valence-corrected chi connectivity index (χ0v) is 17.5. The summed E-state index contributed by atoms with van der Waals surface area (Å²) in [5.41, 5.74) is 4.25. The molecule has 4 rings (SSSR count). The number of anilines is 1. The fourth-order valence-corrected chi connectivity index (χ4v) is 3.17. The summed E-state index contributed by atoms with van der Waals surface area (Å²) in [7, 11) is 1.64. The first-order valence-corrected chi connectivity index (χ1v) is 9.76. The van der Waals surface area contributed by atoms with E-state index >= 15 is 0 Å². The number of imidazole rings is 1. The maximum atomic E-state index is 12.6. The molecule has 0 saturated carbocycles. The van der Waals surface area contributed by atoms with Gasteiger partial charge in [-0.25, -0.2) is 9.50 Å². The smallest absolute Gasteiger partial charge is 0.256 e. The molecule has 6 heteroatoms. The van der Waals surface area contributed by atoms with Crippen molar-refractivity contribution in [2.24, 2.45) is 0 Å². The van der Waals surface area contributed by atoms with Gasteiger partial charge < -0.3 is 10.1 Å². The number of carbonyl (C=O) groups excluding carboxylic acids is 1. The Morgan fingerprint density at radius 1 is 0.967 bits per heavy atom. The van der Waals surface area contributed by atoms with Gasteiger partial charge in [0.25, 0.3) is 5.91 Å². The average molecular weight is 400 g/mol. The Labute approximate surface area is 175 Å². The molecule has 152 valence electrons. The van der Waals surface area contributed by atoms with Crippen LogP contribution in [0.5, 0.6) is 5.75 Å². The Morgan fingerprint density at radius 2 is 1.67 bits per heavy atom. The van der Waals surface area contributed by atoms with Crippen molar-refractivity contribution in [3.63, 3.8) is 0 Å². The maximum Gasteiger partial charge on any atom is 0.256 e. The largest absolute Gasteiger partial charge is 0.497 e. The highest BCUT2D eigenvalue weighted by Gasteiger charge is 2.15. The van der Waals surface area contributed by atoms with Crippen LogP contribution in [0.15, 0.2) is 66.9 Å². The SMILES string of the molecule is COc1ccc(-c2ccc3nc(NC(=O)c4ccc(C(C)(C)C)cc4)cn3n2)cc1. The van der Waals surface area contributed by atoms with Gasteiger partial charge in [0.15, 0.2) is 11.5 Å². The second kappa shape index (κ2) is 7.63. The van der Waals surface area contributed by atoms with Gasteiger partial charge in [0, 0.05) is 11.1 Å². The monoisotopic (exact) mass is 400 g/mol. The van der Waals surface area contributed by atoms with Crippen molar-refractivity contribution in [3.05, 3.63) is 78.0 Å². The number of methoxy groups -OCH3 is 1. The lowest BCUT2D eigenvalue weighted by Gasteiger charge is -2.18. The summed E-state index contributed by atoms with van der Waals surface area (Å²) in [5, 5.41) is 7.46. The lowest BCUT2D eigenvalue weighted by molar-refractivity contribution is 0.102. The van der Waals surface area contributed by atoms with Crippen molar-refractivity contribution in [1.82, 2.24) is 14.6 Å². The van der Waals surface area contributed by atoms with Crippen LogP contribution in [0.1, 0.15) is 36.7 Å². The summed E-state index contributed by atoms with van der Waals surface area (Å²) in [5.74, 6) is 1.05. The van der Waals surface area contributed by atoms with Gasteiger partial charge in [0.2, 0.25) is 0 Å². The summed E-state index contributed by atoms with van der Waals surface area (Å²) in [6.07, 6.45) is 1.71. The first-order valence-electron chi connectivity index (χ1n) is 9.76. The zero-order chi connectivity index (χ0) is 21.3. The molecule has 2 aromatic heterocycles. The minimum atomic E-state index is -0.200. The molecule has 1 N–H and O–H groups in total. The first-order chi connectivity index (χ1) is 14.3. The van der Waals surface area contributed by atoms with E-state index in [-0.39, 0.29) is 11.3 Å². The number of aromatic nitrogens is 3. The summed E-state index contributed by atoms with van der Waals surface area (Å²) >= 11 is 0. The fraction of sp³-hybridized carbons (Fsp3) is 0.208. The quantitative estimate of drug-likeness (QED) is 0.526. The third kappa shape index (κ3) is 4.03. The molecular weight excluding hydrogens is 376 g/mol. The number of hydrogen-bond donors (Lipinski definition) is 1. The van der Waals surface area contributed by atoms with Crippen molar-refractivity contribution in [2.75, 3.05) is 12.4 Å². The van der Waals surface area contributed by atoms with Crippen molar-refractivity contribution in [3.8, 4) is 17.0 Å². The molecule has 2 heterocycles. The third-order valence-corrected chi connectivity index (χ3v) is 4.96. The molecule has 0 aliphatic heterocycles. The normalized spacial score (nSPS) is 11.5. The lowest BCUT2D eigenvalue weighted by Crippen LogP contribution is -2.14. The molecule has 1 amide bonds. The summed E-state index contributed by atoms with van der Waals surface area (Å²) < 4.78 is 6.86. The number of nitrogens with one attached hydrogen (secondary N) is 1. The van der Waals surface area contributed by atoms with Crippen LogP contribution < -0.4 is 10.1 Å². The van der Waals surface area contributed by atoms with E-state index in [1.807, 2.05) is 60.7 Å². The number of amides is 1. The standard InChI is InChI=1S/C24H24N4O2/c1-24(2,3)18-9-5-17(6-10-18)23(29)26-21-15-28-22(25-21)14-13-20(27-28)16-7-11-19(30-4)12-8-16/h5-15H,1-4H3,(H,26,29). The molecule has 0 radical (unpaired) electrons. The molecule has 6 nitrogen and oxygen atoms in total. The van der Waals surface area contributed by atoms with E-state index in [2.05, 4.69) is 36.2 Å². The first kappa shape index (κ1) is 19.6. The van der Waals surface area contributed by atoms with E-state index in [0.29, 0.717) is 17.0 Å². The van der Waals surface area contributed by atoms with Crippen LogP contribution >= 0.6 is 0 Å². The minimum Gasteiger partial charge on any atom is -0.497 e. The molecule has 30 heavy (non-hydrogen) atoms.